The van der Waals surface area contributed by atoms with Crippen molar-refractivity contribution in [1.82, 2.24) is 4.72 Å². The average molecular weight is 412 g/mol. The number of carbonyl (C=O) groups is 1. The lowest BCUT2D eigenvalue weighted by Crippen LogP contribution is -2.13. The van der Waals surface area contributed by atoms with E-state index in [1.807, 2.05) is 46.0 Å². The van der Waals surface area contributed by atoms with Crippen LogP contribution >= 0.6 is 11.9 Å². The molecule has 164 valence electrons. The molecule has 0 aromatic rings. The Morgan fingerprint density at radius 2 is 1.82 bits per heavy atom. The van der Waals surface area contributed by atoms with Crippen LogP contribution in [0.5, 0.6) is 0 Å². The highest BCUT2D eigenvalue weighted by molar-refractivity contribution is 7.98. The summed E-state index contributed by atoms with van der Waals surface area (Å²) in [6.45, 7) is 20.7. The second-order valence-corrected chi connectivity index (χ2v) is 9.94. The van der Waals surface area contributed by atoms with Crippen molar-refractivity contribution >= 4 is 17.9 Å². The standard InChI is InChI=1S/C17H26O2.C5H13NS.C2H6/c1-5-15(8-7-11-17(4)12-13-17)10-9-14(3)16(18)19-6-2;1-5(2,3)7-6-4;1-2/h5,9-10H,1,6-8,11-13H2,2-4H3;6H,1-4H3;1-2H3/b14-9+,15-10+;;. The van der Waals surface area contributed by atoms with E-state index in [1.54, 1.807) is 18.9 Å². The van der Waals surface area contributed by atoms with Gasteiger partial charge in [-0.15, -0.1) is 0 Å². The molecule has 1 rings (SSSR count). The molecule has 0 aromatic carbocycles. The van der Waals surface area contributed by atoms with Gasteiger partial charge in [0, 0.05) is 10.3 Å². The maximum Gasteiger partial charge on any atom is 0.333 e. The minimum Gasteiger partial charge on any atom is -0.463 e. The van der Waals surface area contributed by atoms with Gasteiger partial charge in [0.05, 0.1) is 6.61 Å². The van der Waals surface area contributed by atoms with Crippen LogP contribution in [0.4, 0.5) is 0 Å². The molecule has 1 fully saturated rings. The quantitative estimate of drug-likeness (QED) is 0.187. The molecule has 0 unspecified atom stereocenters. The number of hydrogen-bond donors (Lipinski definition) is 1. The van der Waals surface area contributed by atoms with Crippen molar-refractivity contribution in [3.8, 4) is 0 Å². The summed E-state index contributed by atoms with van der Waals surface area (Å²) in [5.41, 5.74) is 2.44. The van der Waals surface area contributed by atoms with Crippen molar-refractivity contribution in [2.45, 2.75) is 92.2 Å². The van der Waals surface area contributed by atoms with E-state index >= 15 is 0 Å². The maximum absolute atomic E-state index is 11.5. The molecule has 0 radical (unpaired) electrons. The number of hydrogen-bond acceptors (Lipinski definition) is 4. The first-order valence-electron chi connectivity index (χ1n) is 10.6. The van der Waals surface area contributed by atoms with Gasteiger partial charge in [-0.1, -0.05) is 57.5 Å². The molecule has 0 heterocycles. The zero-order valence-corrected chi connectivity index (χ0v) is 20.7. The lowest BCUT2D eigenvalue weighted by atomic mass is 9.98. The molecule has 0 aromatic heterocycles. The molecule has 1 N–H and O–H groups in total. The molecule has 28 heavy (non-hydrogen) atoms. The van der Waals surface area contributed by atoms with Gasteiger partial charge in [-0.3, -0.25) is 4.72 Å². The Morgan fingerprint density at radius 3 is 2.18 bits per heavy atom. The van der Waals surface area contributed by atoms with Gasteiger partial charge >= 0.3 is 5.97 Å². The van der Waals surface area contributed by atoms with E-state index in [4.69, 9.17) is 4.74 Å². The van der Waals surface area contributed by atoms with Crippen molar-refractivity contribution in [1.29, 1.82) is 0 Å². The van der Waals surface area contributed by atoms with E-state index in [-0.39, 0.29) is 5.97 Å². The normalized spacial score (nSPS) is 15.5. The van der Waals surface area contributed by atoms with Crippen molar-refractivity contribution < 1.29 is 9.53 Å². The smallest absolute Gasteiger partial charge is 0.333 e. The van der Waals surface area contributed by atoms with Gasteiger partial charge < -0.3 is 4.74 Å². The summed E-state index contributed by atoms with van der Waals surface area (Å²) in [6.07, 6.45) is 12.0. The third-order valence-corrected chi connectivity index (χ3v) is 4.98. The van der Waals surface area contributed by atoms with Gasteiger partial charge in [-0.05, 0) is 84.8 Å². The monoisotopic (exact) mass is 411 g/mol. The predicted molar refractivity (Wildman–Crippen MR) is 128 cm³/mol. The predicted octanol–water partition coefficient (Wildman–Crippen LogP) is 7.26. The minimum atomic E-state index is -0.243. The average Bonchev–Trinajstić information content (AvgIpc) is 3.36. The fraction of sp³-hybridized carbons (Fsp3) is 0.708. The second-order valence-electron chi connectivity index (χ2n) is 8.10. The van der Waals surface area contributed by atoms with Crippen LogP contribution < -0.4 is 4.72 Å². The van der Waals surface area contributed by atoms with Crippen LogP contribution in [-0.4, -0.2) is 24.4 Å². The SMILES string of the molecule is C=C/C(=C\C=C(/C)C(=O)OCC)CCCC1(C)CC1.CC.CNSC(C)(C)C. The molecule has 4 heteroatoms. The van der Waals surface area contributed by atoms with Gasteiger partial charge in [0.2, 0.25) is 0 Å². The summed E-state index contributed by atoms with van der Waals surface area (Å²) in [6, 6.07) is 0. The van der Waals surface area contributed by atoms with Crippen molar-refractivity contribution in [2.24, 2.45) is 5.41 Å². The lowest BCUT2D eigenvalue weighted by molar-refractivity contribution is -0.138. The fourth-order valence-electron chi connectivity index (χ4n) is 2.29. The third kappa shape index (κ3) is 17.1. The number of carbonyl (C=O) groups excluding carboxylic acids is 1. The van der Waals surface area contributed by atoms with Crippen LogP contribution in [-0.2, 0) is 9.53 Å². The summed E-state index contributed by atoms with van der Waals surface area (Å²) >= 11 is 1.74. The highest BCUT2D eigenvalue weighted by Gasteiger charge is 2.35. The number of rotatable bonds is 9. The largest absolute Gasteiger partial charge is 0.463 e. The zero-order valence-electron chi connectivity index (χ0n) is 19.9. The zero-order chi connectivity index (χ0) is 22.2. The van der Waals surface area contributed by atoms with Crippen LogP contribution in [0.3, 0.4) is 0 Å². The van der Waals surface area contributed by atoms with Gasteiger partial charge in [0.25, 0.3) is 0 Å². The van der Waals surface area contributed by atoms with E-state index in [0.29, 0.717) is 22.3 Å². The van der Waals surface area contributed by atoms with Gasteiger partial charge in [0.1, 0.15) is 0 Å². The number of nitrogens with one attached hydrogen (secondary N) is 1. The van der Waals surface area contributed by atoms with Gasteiger partial charge in [-0.25, -0.2) is 4.79 Å². The van der Waals surface area contributed by atoms with E-state index in [0.717, 1.165) is 6.42 Å². The molecular formula is C24H45NO2S. The fourth-order valence-corrected chi connectivity index (χ4v) is 2.90. The summed E-state index contributed by atoms with van der Waals surface area (Å²) in [5, 5.41) is 0. The molecule has 0 saturated heterocycles. The second kappa shape index (κ2) is 15.9. The van der Waals surface area contributed by atoms with E-state index in [2.05, 4.69) is 39.0 Å². The molecule has 0 amide bonds. The first-order chi connectivity index (χ1) is 13.1. The molecule has 0 atom stereocenters. The number of allylic oxidation sites excluding steroid dienone is 4. The molecule has 3 nitrogen and oxygen atoms in total. The molecule has 1 aliphatic rings. The van der Waals surface area contributed by atoms with Crippen LogP contribution in [0.15, 0.2) is 36.0 Å². The first kappa shape index (κ1) is 29.2. The van der Waals surface area contributed by atoms with E-state index in [9.17, 15) is 4.79 Å². The lowest BCUT2D eigenvalue weighted by Gasteiger charge is -2.14. The van der Waals surface area contributed by atoms with Gasteiger partial charge in [-0.2, -0.15) is 0 Å². The van der Waals surface area contributed by atoms with Crippen LogP contribution in [0.2, 0.25) is 0 Å². The van der Waals surface area contributed by atoms with Crippen molar-refractivity contribution in [2.75, 3.05) is 13.7 Å². The molecule has 0 bridgehead atoms. The van der Waals surface area contributed by atoms with Crippen molar-refractivity contribution in [3.05, 3.63) is 36.0 Å². The molecule has 1 aliphatic carbocycles. The van der Waals surface area contributed by atoms with Crippen molar-refractivity contribution in [3.63, 3.8) is 0 Å². The molecule has 1 saturated carbocycles. The Hall–Kier alpha value is -1.00. The molecule has 0 spiro atoms. The van der Waals surface area contributed by atoms with Crippen LogP contribution in [0.1, 0.15) is 87.5 Å². The highest BCUT2D eigenvalue weighted by atomic mass is 32.2. The Bertz CT molecular complexity index is 497. The molecule has 0 aliphatic heterocycles. The Balaban J connectivity index is 0. The Morgan fingerprint density at radius 1 is 1.25 bits per heavy atom. The van der Waals surface area contributed by atoms with E-state index in [1.165, 1.54) is 31.3 Å². The topological polar surface area (TPSA) is 38.3 Å². The van der Waals surface area contributed by atoms with Crippen LogP contribution in [0, 0.1) is 5.41 Å². The number of ether oxygens (including phenoxy) is 1. The first-order valence-corrected chi connectivity index (χ1v) is 11.4. The summed E-state index contributed by atoms with van der Waals surface area (Å²) in [7, 11) is 1.94. The Labute approximate surface area is 179 Å². The van der Waals surface area contributed by atoms with E-state index < -0.39 is 0 Å². The third-order valence-electron chi connectivity index (χ3n) is 4.16. The minimum absolute atomic E-state index is 0.243. The highest BCUT2D eigenvalue weighted by Crippen LogP contribution is 2.49. The number of esters is 1. The summed E-state index contributed by atoms with van der Waals surface area (Å²) in [5.74, 6) is -0.243. The maximum atomic E-state index is 11.5. The van der Waals surface area contributed by atoms with Crippen LogP contribution in [0.25, 0.3) is 0 Å². The molecular weight excluding hydrogens is 366 g/mol. The van der Waals surface area contributed by atoms with Gasteiger partial charge in [0.15, 0.2) is 0 Å². The summed E-state index contributed by atoms with van der Waals surface area (Å²) in [4.78, 5) is 11.5. The summed E-state index contributed by atoms with van der Waals surface area (Å²) < 4.78 is 8.32. The Kier molecular flexibility index (Phi) is 16.6.